The zero-order valence-corrected chi connectivity index (χ0v) is 11.7. The number of rotatable bonds is 4. The quantitative estimate of drug-likeness (QED) is 0.799. The van der Waals surface area contributed by atoms with Gasteiger partial charge in [0.1, 0.15) is 5.75 Å². The molecule has 1 amide bonds. The monoisotopic (exact) mass is 284 g/mol. The van der Waals surface area contributed by atoms with Crippen LogP contribution in [0.25, 0.3) is 0 Å². The number of amides is 1. The second-order valence-electron chi connectivity index (χ2n) is 4.15. The summed E-state index contributed by atoms with van der Waals surface area (Å²) in [6, 6.07) is 0.0216. The summed E-state index contributed by atoms with van der Waals surface area (Å²) < 4.78 is 22.7. The number of nitrogens with two attached hydrogens (primary N) is 1. The molecular formula is C10H21ClN2O3S. The third-order valence-corrected chi connectivity index (χ3v) is 4.57. The Morgan fingerprint density at radius 3 is 2.59 bits per heavy atom. The van der Waals surface area contributed by atoms with E-state index in [0.29, 0.717) is 13.1 Å². The molecule has 0 bridgehead atoms. The normalized spacial score (nSPS) is 20.8. The van der Waals surface area contributed by atoms with Gasteiger partial charge in [-0.1, -0.05) is 6.92 Å². The van der Waals surface area contributed by atoms with E-state index >= 15 is 0 Å². The standard InChI is InChI=1S/C10H20N2O3S.ClH/c1-2-16(14,15)8-10(13)12-6-4-3-5-9(12)7-11;/h9H,2-8,11H2,1H3;1H. The minimum absolute atomic E-state index is 0. The SMILES string of the molecule is CCS(=O)(=O)CC(=O)N1CCCCC1CN.Cl. The minimum atomic E-state index is -3.23. The predicted molar refractivity (Wildman–Crippen MR) is 70.0 cm³/mol. The molecule has 1 atom stereocenters. The Morgan fingerprint density at radius 1 is 1.41 bits per heavy atom. The highest BCUT2D eigenvalue weighted by Crippen LogP contribution is 2.16. The number of carbonyl (C=O) groups excluding carboxylic acids is 1. The predicted octanol–water partition coefficient (Wildman–Crippen LogP) is 0.183. The van der Waals surface area contributed by atoms with Gasteiger partial charge >= 0.3 is 0 Å². The largest absolute Gasteiger partial charge is 0.338 e. The first-order valence-electron chi connectivity index (χ1n) is 5.70. The lowest BCUT2D eigenvalue weighted by atomic mass is 10.0. The third-order valence-electron chi connectivity index (χ3n) is 3.00. The van der Waals surface area contributed by atoms with Gasteiger partial charge in [0.25, 0.3) is 0 Å². The highest BCUT2D eigenvalue weighted by atomic mass is 35.5. The summed E-state index contributed by atoms with van der Waals surface area (Å²) >= 11 is 0. The summed E-state index contributed by atoms with van der Waals surface area (Å²) in [5.74, 6) is -0.656. The lowest BCUT2D eigenvalue weighted by Gasteiger charge is -2.35. The van der Waals surface area contributed by atoms with Crippen molar-refractivity contribution in [2.24, 2.45) is 5.73 Å². The van der Waals surface area contributed by atoms with Crippen LogP contribution >= 0.6 is 12.4 Å². The van der Waals surface area contributed by atoms with Crippen LogP contribution in [-0.2, 0) is 14.6 Å². The van der Waals surface area contributed by atoms with E-state index in [9.17, 15) is 13.2 Å². The summed E-state index contributed by atoms with van der Waals surface area (Å²) in [5, 5.41) is 0. The molecule has 1 aliphatic heterocycles. The Morgan fingerprint density at radius 2 is 2.06 bits per heavy atom. The molecule has 1 rings (SSSR count). The van der Waals surface area contributed by atoms with Crippen LogP contribution in [0.4, 0.5) is 0 Å². The summed E-state index contributed by atoms with van der Waals surface area (Å²) in [5.41, 5.74) is 5.58. The van der Waals surface area contributed by atoms with E-state index in [0.717, 1.165) is 19.3 Å². The lowest BCUT2D eigenvalue weighted by molar-refractivity contribution is -0.131. The molecule has 0 aromatic rings. The number of likely N-dealkylation sites (tertiary alicyclic amines) is 1. The first kappa shape index (κ1) is 16.7. The van der Waals surface area contributed by atoms with Crippen LogP contribution in [0.1, 0.15) is 26.2 Å². The topological polar surface area (TPSA) is 80.5 Å². The molecule has 17 heavy (non-hydrogen) atoms. The maximum Gasteiger partial charge on any atom is 0.238 e. The number of hydrogen-bond donors (Lipinski definition) is 1. The van der Waals surface area contributed by atoms with Crippen LogP contribution in [0, 0.1) is 0 Å². The fraction of sp³-hybridized carbons (Fsp3) is 0.900. The van der Waals surface area contributed by atoms with Crippen LogP contribution in [0.2, 0.25) is 0 Å². The van der Waals surface area contributed by atoms with E-state index in [2.05, 4.69) is 0 Å². The van der Waals surface area contributed by atoms with Crippen molar-refractivity contribution in [2.75, 3.05) is 24.6 Å². The maximum atomic E-state index is 11.8. The van der Waals surface area contributed by atoms with Gasteiger partial charge in [-0.25, -0.2) is 8.42 Å². The minimum Gasteiger partial charge on any atom is -0.338 e. The fourth-order valence-corrected chi connectivity index (χ4v) is 2.69. The van der Waals surface area contributed by atoms with Crippen LogP contribution < -0.4 is 5.73 Å². The third kappa shape index (κ3) is 4.81. The average Bonchev–Trinajstić information content (AvgIpc) is 2.28. The lowest BCUT2D eigenvalue weighted by Crippen LogP contribution is -2.49. The van der Waals surface area contributed by atoms with Crippen LogP contribution in [0.5, 0.6) is 0 Å². The number of carbonyl (C=O) groups is 1. The molecule has 2 N–H and O–H groups in total. The Bertz CT molecular complexity index is 345. The molecule has 0 aliphatic carbocycles. The van der Waals surface area contributed by atoms with Crippen molar-refractivity contribution in [1.29, 1.82) is 0 Å². The van der Waals surface area contributed by atoms with Gasteiger partial charge in [0.2, 0.25) is 5.91 Å². The maximum absolute atomic E-state index is 11.8. The molecule has 0 aromatic carbocycles. The summed E-state index contributed by atoms with van der Waals surface area (Å²) in [4.78, 5) is 13.5. The number of halogens is 1. The van der Waals surface area contributed by atoms with Gasteiger partial charge in [0, 0.05) is 24.9 Å². The van der Waals surface area contributed by atoms with Crippen LogP contribution in [-0.4, -0.2) is 49.9 Å². The fourth-order valence-electron chi connectivity index (χ4n) is 1.95. The van der Waals surface area contributed by atoms with E-state index in [1.165, 1.54) is 0 Å². The molecule has 5 nitrogen and oxygen atoms in total. The summed E-state index contributed by atoms with van der Waals surface area (Å²) in [6.45, 7) is 2.61. The van der Waals surface area contributed by atoms with Crippen molar-refractivity contribution in [3.63, 3.8) is 0 Å². The molecule has 1 fully saturated rings. The molecule has 0 radical (unpaired) electrons. The van der Waals surface area contributed by atoms with Gasteiger partial charge in [-0.3, -0.25) is 4.79 Å². The molecule has 0 saturated carbocycles. The Balaban J connectivity index is 0.00000256. The van der Waals surface area contributed by atoms with Crippen molar-refractivity contribution in [3.05, 3.63) is 0 Å². The smallest absolute Gasteiger partial charge is 0.238 e. The van der Waals surface area contributed by atoms with Gasteiger partial charge in [0.05, 0.1) is 0 Å². The highest BCUT2D eigenvalue weighted by molar-refractivity contribution is 7.92. The van der Waals surface area contributed by atoms with Crippen molar-refractivity contribution in [1.82, 2.24) is 4.90 Å². The second kappa shape index (κ2) is 7.18. The van der Waals surface area contributed by atoms with Crippen molar-refractivity contribution >= 4 is 28.2 Å². The summed E-state index contributed by atoms with van der Waals surface area (Å²) in [6.07, 6.45) is 2.88. The van der Waals surface area contributed by atoms with E-state index in [1.807, 2.05) is 0 Å². The van der Waals surface area contributed by atoms with Crippen molar-refractivity contribution in [3.8, 4) is 0 Å². The number of hydrogen-bond acceptors (Lipinski definition) is 4. The molecule has 1 aliphatic rings. The first-order chi connectivity index (χ1) is 7.50. The van der Waals surface area contributed by atoms with Crippen LogP contribution in [0.15, 0.2) is 0 Å². The molecular weight excluding hydrogens is 264 g/mol. The first-order valence-corrected chi connectivity index (χ1v) is 7.52. The number of piperidine rings is 1. The molecule has 1 heterocycles. The molecule has 7 heteroatoms. The molecule has 102 valence electrons. The molecule has 1 saturated heterocycles. The molecule has 1 unspecified atom stereocenters. The number of nitrogens with zero attached hydrogens (tertiary/aromatic N) is 1. The Hall–Kier alpha value is -0.330. The zero-order chi connectivity index (χ0) is 12.2. The van der Waals surface area contributed by atoms with E-state index in [4.69, 9.17) is 5.73 Å². The van der Waals surface area contributed by atoms with E-state index in [-0.39, 0.29) is 35.9 Å². The molecule has 0 spiro atoms. The Labute approximate surface area is 109 Å². The average molecular weight is 285 g/mol. The second-order valence-corrected chi connectivity index (χ2v) is 6.50. The van der Waals surface area contributed by atoms with Gasteiger partial charge in [-0.2, -0.15) is 0 Å². The summed E-state index contributed by atoms with van der Waals surface area (Å²) in [7, 11) is -3.23. The van der Waals surface area contributed by atoms with Crippen molar-refractivity contribution in [2.45, 2.75) is 32.2 Å². The molecule has 0 aromatic heterocycles. The van der Waals surface area contributed by atoms with E-state index in [1.54, 1.807) is 11.8 Å². The highest BCUT2D eigenvalue weighted by Gasteiger charge is 2.28. The number of sulfone groups is 1. The van der Waals surface area contributed by atoms with Gasteiger partial charge < -0.3 is 10.6 Å². The van der Waals surface area contributed by atoms with Crippen molar-refractivity contribution < 1.29 is 13.2 Å². The van der Waals surface area contributed by atoms with E-state index < -0.39 is 9.84 Å². The van der Waals surface area contributed by atoms with Gasteiger partial charge in [0.15, 0.2) is 9.84 Å². The van der Waals surface area contributed by atoms with Crippen LogP contribution in [0.3, 0.4) is 0 Å². The van der Waals surface area contributed by atoms with Gasteiger partial charge in [-0.15, -0.1) is 12.4 Å². The zero-order valence-electron chi connectivity index (χ0n) is 10.1. The Kier molecular flexibility index (Phi) is 7.04. The van der Waals surface area contributed by atoms with Gasteiger partial charge in [-0.05, 0) is 19.3 Å².